The van der Waals surface area contributed by atoms with Crippen molar-refractivity contribution in [1.82, 2.24) is 0 Å². The smallest absolute Gasteiger partial charge is 0.0608 e. The zero-order valence-electron chi connectivity index (χ0n) is 10.4. The summed E-state index contributed by atoms with van der Waals surface area (Å²) in [5.41, 5.74) is 1.14. The number of rotatable bonds is 4. The van der Waals surface area contributed by atoms with E-state index in [-0.39, 0.29) is 6.10 Å². The van der Waals surface area contributed by atoms with Crippen molar-refractivity contribution < 1.29 is 5.11 Å². The number of halogens is 1. The number of aliphatic hydroxyl groups excluding tert-OH is 1. The summed E-state index contributed by atoms with van der Waals surface area (Å²) in [6, 6.07) is 7.83. The van der Waals surface area contributed by atoms with Gasteiger partial charge in [0, 0.05) is 5.02 Å². The molecular formula is C15H21ClO. The highest BCUT2D eigenvalue weighted by molar-refractivity contribution is 6.30. The fraction of sp³-hybridized carbons (Fsp3) is 0.600. The van der Waals surface area contributed by atoms with Crippen molar-refractivity contribution in [2.45, 2.75) is 45.1 Å². The van der Waals surface area contributed by atoms with Gasteiger partial charge in [-0.3, -0.25) is 0 Å². The average Bonchev–Trinajstić information content (AvgIpc) is 2.77. The Morgan fingerprint density at radius 1 is 1.41 bits per heavy atom. The maximum atomic E-state index is 10.3. The summed E-state index contributed by atoms with van der Waals surface area (Å²) in [5, 5.41) is 11.0. The van der Waals surface area contributed by atoms with Crippen LogP contribution >= 0.6 is 11.6 Å². The van der Waals surface area contributed by atoms with Gasteiger partial charge in [0.2, 0.25) is 0 Å². The van der Waals surface area contributed by atoms with E-state index in [0.717, 1.165) is 22.9 Å². The standard InChI is InChI=1S/C15H21ClO/c1-2-11-6-7-13(8-11)15(17)10-12-4-3-5-14(16)9-12/h3-5,9,11,13,15,17H,2,6-8,10H2,1H3. The Labute approximate surface area is 109 Å². The molecule has 2 heteroatoms. The van der Waals surface area contributed by atoms with Crippen molar-refractivity contribution in [1.29, 1.82) is 0 Å². The average molecular weight is 253 g/mol. The van der Waals surface area contributed by atoms with Gasteiger partial charge in [-0.2, -0.15) is 0 Å². The molecule has 94 valence electrons. The molecule has 0 radical (unpaired) electrons. The van der Waals surface area contributed by atoms with Gasteiger partial charge in [0.15, 0.2) is 0 Å². The highest BCUT2D eigenvalue weighted by Gasteiger charge is 2.28. The fourth-order valence-electron chi connectivity index (χ4n) is 2.91. The molecule has 1 fully saturated rings. The van der Waals surface area contributed by atoms with Gasteiger partial charge in [-0.05, 0) is 48.8 Å². The molecule has 1 saturated carbocycles. The Kier molecular flexibility index (Phi) is 4.47. The van der Waals surface area contributed by atoms with E-state index in [1.807, 2.05) is 24.3 Å². The van der Waals surface area contributed by atoms with Crippen molar-refractivity contribution >= 4 is 11.6 Å². The lowest BCUT2D eigenvalue weighted by atomic mass is 9.93. The summed E-state index contributed by atoms with van der Waals surface area (Å²) in [4.78, 5) is 0. The number of benzene rings is 1. The van der Waals surface area contributed by atoms with E-state index < -0.39 is 0 Å². The lowest BCUT2D eigenvalue weighted by Gasteiger charge is -2.18. The first-order valence-corrected chi connectivity index (χ1v) is 6.99. The first kappa shape index (κ1) is 12.9. The van der Waals surface area contributed by atoms with Gasteiger partial charge in [-0.15, -0.1) is 0 Å². The Bertz CT molecular complexity index is 364. The predicted molar refractivity (Wildman–Crippen MR) is 72.3 cm³/mol. The Morgan fingerprint density at radius 2 is 2.24 bits per heavy atom. The topological polar surface area (TPSA) is 20.2 Å². The molecular weight excluding hydrogens is 232 g/mol. The number of hydrogen-bond donors (Lipinski definition) is 1. The Morgan fingerprint density at radius 3 is 2.88 bits per heavy atom. The van der Waals surface area contributed by atoms with Crippen LogP contribution in [-0.2, 0) is 6.42 Å². The first-order chi connectivity index (χ1) is 8.19. The molecule has 0 bridgehead atoms. The molecule has 1 aliphatic carbocycles. The van der Waals surface area contributed by atoms with Gasteiger partial charge in [-0.25, -0.2) is 0 Å². The minimum atomic E-state index is -0.204. The second-order valence-electron chi connectivity index (χ2n) is 5.25. The van der Waals surface area contributed by atoms with E-state index >= 15 is 0 Å². The van der Waals surface area contributed by atoms with E-state index in [9.17, 15) is 5.11 Å². The number of aliphatic hydroxyl groups is 1. The summed E-state index contributed by atoms with van der Waals surface area (Å²) in [6.45, 7) is 2.25. The molecule has 17 heavy (non-hydrogen) atoms. The van der Waals surface area contributed by atoms with Gasteiger partial charge in [0.1, 0.15) is 0 Å². The second kappa shape index (κ2) is 5.88. The second-order valence-corrected chi connectivity index (χ2v) is 5.69. The largest absolute Gasteiger partial charge is 0.392 e. The predicted octanol–water partition coefficient (Wildman–Crippen LogP) is 4.07. The molecule has 3 unspecified atom stereocenters. The molecule has 0 aliphatic heterocycles. The van der Waals surface area contributed by atoms with E-state index in [2.05, 4.69) is 6.92 Å². The van der Waals surface area contributed by atoms with Gasteiger partial charge in [-0.1, -0.05) is 43.5 Å². The minimum Gasteiger partial charge on any atom is -0.392 e. The van der Waals surface area contributed by atoms with Gasteiger partial charge >= 0.3 is 0 Å². The summed E-state index contributed by atoms with van der Waals surface area (Å²) in [5.74, 6) is 1.31. The van der Waals surface area contributed by atoms with Gasteiger partial charge in [0.25, 0.3) is 0 Å². The van der Waals surface area contributed by atoms with Crippen molar-refractivity contribution in [3.63, 3.8) is 0 Å². The zero-order valence-corrected chi connectivity index (χ0v) is 11.2. The maximum absolute atomic E-state index is 10.3. The molecule has 0 aromatic heterocycles. The summed E-state index contributed by atoms with van der Waals surface area (Å²) in [6.07, 6.45) is 5.44. The van der Waals surface area contributed by atoms with Crippen LogP contribution < -0.4 is 0 Å². The number of hydrogen-bond acceptors (Lipinski definition) is 1. The van der Waals surface area contributed by atoms with Crippen LogP contribution in [0.1, 0.15) is 38.2 Å². The van der Waals surface area contributed by atoms with Crippen molar-refractivity contribution in [3.8, 4) is 0 Å². The molecule has 1 aliphatic rings. The van der Waals surface area contributed by atoms with Crippen LogP contribution in [0.25, 0.3) is 0 Å². The molecule has 2 rings (SSSR count). The van der Waals surface area contributed by atoms with Crippen LogP contribution in [0, 0.1) is 11.8 Å². The van der Waals surface area contributed by atoms with Crippen LogP contribution in [-0.4, -0.2) is 11.2 Å². The van der Waals surface area contributed by atoms with Crippen LogP contribution in [0.15, 0.2) is 24.3 Å². The van der Waals surface area contributed by atoms with Gasteiger partial charge < -0.3 is 5.11 Å². The summed E-state index contributed by atoms with van der Waals surface area (Å²) >= 11 is 5.95. The summed E-state index contributed by atoms with van der Waals surface area (Å²) < 4.78 is 0. The molecule has 0 heterocycles. The van der Waals surface area contributed by atoms with E-state index in [0.29, 0.717) is 5.92 Å². The third-order valence-corrected chi connectivity index (χ3v) is 4.27. The molecule has 1 nitrogen and oxygen atoms in total. The monoisotopic (exact) mass is 252 g/mol. The molecule has 0 saturated heterocycles. The van der Waals surface area contributed by atoms with Crippen molar-refractivity contribution in [2.75, 3.05) is 0 Å². The molecule has 3 atom stereocenters. The van der Waals surface area contributed by atoms with E-state index in [4.69, 9.17) is 11.6 Å². The zero-order chi connectivity index (χ0) is 12.3. The SMILES string of the molecule is CCC1CCC(C(O)Cc2cccc(Cl)c2)C1. The first-order valence-electron chi connectivity index (χ1n) is 6.61. The Balaban J connectivity index is 1.91. The van der Waals surface area contributed by atoms with Crippen molar-refractivity contribution in [3.05, 3.63) is 34.9 Å². The van der Waals surface area contributed by atoms with Crippen LogP contribution in [0.3, 0.4) is 0 Å². The van der Waals surface area contributed by atoms with E-state index in [1.54, 1.807) is 0 Å². The summed E-state index contributed by atoms with van der Waals surface area (Å²) in [7, 11) is 0. The molecule has 0 amide bonds. The van der Waals surface area contributed by atoms with Crippen molar-refractivity contribution in [2.24, 2.45) is 11.8 Å². The molecule has 1 aromatic carbocycles. The van der Waals surface area contributed by atoms with Crippen LogP contribution in [0.4, 0.5) is 0 Å². The van der Waals surface area contributed by atoms with Gasteiger partial charge in [0.05, 0.1) is 6.10 Å². The fourth-order valence-corrected chi connectivity index (χ4v) is 3.12. The highest BCUT2D eigenvalue weighted by Crippen LogP contribution is 2.35. The maximum Gasteiger partial charge on any atom is 0.0608 e. The third-order valence-electron chi connectivity index (χ3n) is 4.04. The minimum absolute atomic E-state index is 0.204. The molecule has 0 spiro atoms. The third kappa shape index (κ3) is 3.46. The lowest BCUT2D eigenvalue weighted by Crippen LogP contribution is -2.20. The van der Waals surface area contributed by atoms with Crippen LogP contribution in [0.5, 0.6) is 0 Å². The van der Waals surface area contributed by atoms with E-state index in [1.165, 1.54) is 25.7 Å². The normalized spacial score (nSPS) is 26.1. The quantitative estimate of drug-likeness (QED) is 0.857. The Hall–Kier alpha value is -0.530. The molecule has 1 aromatic rings. The van der Waals surface area contributed by atoms with Crippen LogP contribution in [0.2, 0.25) is 5.02 Å². The lowest BCUT2D eigenvalue weighted by molar-refractivity contribution is 0.108. The highest BCUT2D eigenvalue weighted by atomic mass is 35.5. The molecule has 1 N–H and O–H groups in total.